The number of carbonyl (C=O) groups is 1. The van der Waals surface area contributed by atoms with E-state index in [4.69, 9.17) is 4.74 Å². The zero-order valence-electron chi connectivity index (χ0n) is 15.9. The second kappa shape index (κ2) is 8.29. The SMILES string of the molecule is CCN=c1scc(-c2ccc3c(c2)NC(=O)CO3)n1N=Cc1ccc([N+](=O)[O-])cc1. The summed E-state index contributed by atoms with van der Waals surface area (Å²) in [6.07, 6.45) is 1.62. The minimum atomic E-state index is -0.441. The predicted octanol–water partition coefficient (Wildman–Crippen LogP) is 3.26. The predicted molar refractivity (Wildman–Crippen MR) is 114 cm³/mol. The Morgan fingerprint density at radius 2 is 2.10 bits per heavy atom. The van der Waals surface area contributed by atoms with Crippen LogP contribution in [0.25, 0.3) is 11.3 Å². The van der Waals surface area contributed by atoms with Gasteiger partial charge in [-0.3, -0.25) is 19.9 Å². The van der Waals surface area contributed by atoms with Crippen LogP contribution < -0.4 is 14.9 Å². The third-order valence-electron chi connectivity index (χ3n) is 4.31. The van der Waals surface area contributed by atoms with E-state index in [0.717, 1.165) is 16.8 Å². The summed E-state index contributed by atoms with van der Waals surface area (Å²) in [5.74, 6) is 0.420. The molecule has 9 nitrogen and oxygen atoms in total. The van der Waals surface area contributed by atoms with Gasteiger partial charge in [0.1, 0.15) is 5.75 Å². The van der Waals surface area contributed by atoms with E-state index in [1.807, 2.05) is 30.5 Å². The molecule has 1 aromatic heterocycles. The minimum Gasteiger partial charge on any atom is -0.482 e. The van der Waals surface area contributed by atoms with Gasteiger partial charge in [0.2, 0.25) is 4.80 Å². The molecule has 3 aromatic rings. The second-order valence-corrected chi connectivity index (χ2v) is 7.17. The van der Waals surface area contributed by atoms with Crippen molar-refractivity contribution in [1.29, 1.82) is 0 Å². The summed E-state index contributed by atoms with van der Waals surface area (Å²) >= 11 is 1.45. The maximum atomic E-state index is 11.6. The van der Waals surface area contributed by atoms with Gasteiger partial charge in [0.25, 0.3) is 11.6 Å². The Balaban J connectivity index is 1.72. The second-order valence-electron chi connectivity index (χ2n) is 6.33. The monoisotopic (exact) mass is 423 g/mol. The highest BCUT2D eigenvalue weighted by Crippen LogP contribution is 2.32. The molecule has 0 aliphatic carbocycles. The molecule has 0 fully saturated rings. The maximum Gasteiger partial charge on any atom is 0.269 e. The Morgan fingerprint density at radius 1 is 1.30 bits per heavy atom. The maximum absolute atomic E-state index is 11.6. The van der Waals surface area contributed by atoms with Crippen LogP contribution in [0.15, 0.2) is 57.9 Å². The molecule has 0 atom stereocenters. The van der Waals surface area contributed by atoms with Gasteiger partial charge in [0, 0.05) is 29.6 Å². The average molecular weight is 423 g/mol. The van der Waals surface area contributed by atoms with Gasteiger partial charge in [0.15, 0.2) is 6.61 Å². The number of benzene rings is 2. The van der Waals surface area contributed by atoms with Gasteiger partial charge in [0.05, 0.1) is 22.5 Å². The summed E-state index contributed by atoms with van der Waals surface area (Å²) < 4.78 is 7.13. The molecule has 2 aromatic carbocycles. The largest absolute Gasteiger partial charge is 0.482 e. The molecule has 1 aliphatic heterocycles. The van der Waals surface area contributed by atoms with E-state index in [1.165, 1.54) is 23.5 Å². The van der Waals surface area contributed by atoms with E-state index in [-0.39, 0.29) is 18.2 Å². The summed E-state index contributed by atoms with van der Waals surface area (Å²) in [5, 5.41) is 20.1. The summed E-state index contributed by atoms with van der Waals surface area (Å²) in [7, 11) is 0. The molecule has 10 heteroatoms. The van der Waals surface area contributed by atoms with E-state index in [1.54, 1.807) is 23.0 Å². The Kier molecular flexibility index (Phi) is 5.40. The number of thiazole rings is 1. The van der Waals surface area contributed by atoms with Crippen LogP contribution in [-0.4, -0.2) is 34.9 Å². The Morgan fingerprint density at radius 3 is 2.83 bits per heavy atom. The van der Waals surface area contributed by atoms with Gasteiger partial charge in [-0.2, -0.15) is 5.10 Å². The lowest BCUT2D eigenvalue weighted by atomic mass is 10.1. The highest BCUT2D eigenvalue weighted by atomic mass is 32.1. The van der Waals surface area contributed by atoms with Crippen molar-refractivity contribution >= 4 is 34.8 Å². The number of non-ortho nitro benzene ring substituents is 1. The first-order chi connectivity index (χ1) is 14.5. The molecule has 0 unspecified atom stereocenters. The molecule has 0 spiro atoms. The van der Waals surface area contributed by atoms with Crippen molar-refractivity contribution in [3.05, 3.63) is 68.3 Å². The van der Waals surface area contributed by atoms with Crippen LogP contribution in [0.2, 0.25) is 0 Å². The average Bonchev–Trinajstić information content (AvgIpc) is 3.14. The number of hydrogen-bond donors (Lipinski definition) is 1. The van der Waals surface area contributed by atoms with Gasteiger partial charge in [-0.1, -0.05) is 0 Å². The fraction of sp³-hybridized carbons (Fsp3) is 0.150. The fourth-order valence-electron chi connectivity index (χ4n) is 2.90. The highest BCUT2D eigenvalue weighted by molar-refractivity contribution is 7.07. The van der Waals surface area contributed by atoms with Crippen molar-refractivity contribution < 1.29 is 14.5 Å². The van der Waals surface area contributed by atoms with E-state index in [0.29, 0.717) is 22.8 Å². The van der Waals surface area contributed by atoms with Gasteiger partial charge >= 0.3 is 0 Å². The normalized spacial score (nSPS) is 13.8. The molecule has 152 valence electrons. The van der Waals surface area contributed by atoms with E-state index < -0.39 is 4.92 Å². The first-order valence-corrected chi connectivity index (χ1v) is 10.00. The van der Waals surface area contributed by atoms with Gasteiger partial charge in [-0.05, 0) is 42.8 Å². The number of rotatable bonds is 5. The molecular weight excluding hydrogens is 406 g/mol. The molecule has 1 N–H and O–H groups in total. The number of nitro benzene ring substituents is 1. The van der Waals surface area contributed by atoms with Gasteiger partial charge in [-0.15, -0.1) is 11.3 Å². The Bertz CT molecular complexity index is 1210. The highest BCUT2D eigenvalue weighted by Gasteiger charge is 2.17. The lowest BCUT2D eigenvalue weighted by Crippen LogP contribution is -2.25. The third-order valence-corrected chi connectivity index (χ3v) is 5.17. The summed E-state index contributed by atoms with van der Waals surface area (Å²) in [6, 6.07) is 11.7. The van der Waals surface area contributed by atoms with Crippen molar-refractivity contribution in [2.45, 2.75) is 6.92 Å². The number of fused-ring (bicyclic) bond motifs is 1. The number of hydrogen-bond acceptors (Lipinski definition) is 7. The number of aromatic nitrogens is 1. The lowest BCUT2D eigenvalue weighted by Gasteiger charge is -2.18. The van der Waals surface area contributed by atoms with Crippen LogP contribution in [0.1, 0.15) is 12.5 Å². The van der Waals surface area contributed by atoms with Crippen LogP contribution in [0.3, 0.4) is 0 Å². The zero-order valence-corrected chi connectivity index (χ0v) is 16.8. The molecule has 30 heavy (non-hydrogen) atoms. The fourth-order valence-corrected chi connectivity index (χ4v) is 3.80. The van der Waals surface area contributed by atoms with Crippen LogP contribution in [0.4, 0.5) is 11.4 Å². The minimum absolute atomic E-state index is 0.00383. The van der Waals surface area contributed by atoms with Crippen molar-refractivity contribution in [3.8, 4) is 17.0 Å². The van der Waals surface area contributed by atoms with E-state index in [2.05, 4.69) is 15.4 Å². The lowest BCUT2D eigenvalue weighted by molar-refractivity contribution is -0.384. The number of carbonyl (C=O) groups excluding carboxylic acids is 1. The number of nitrogens with zero attached hydrogens (tertiary/aromatic N) is 4. The van der Waals surface area contributed by atoms with Crippen LogP contribution >= 0.6 is 11.3 Å². The molecule has 2 heterocycles. The smallest absolute Gasteiger partial charge is 0.269 e. The van der Waals surface area contributed by atoms with Crippen molar-refractivity contribution in [3.63, 3.8) is 0 Å². The van der Waals surface area contributed by atoms with Crippen molar-refractivity contribution in [2.24, 2.45) is 10.1 Å². The molecule has 0 bridgehead atoms. The molecule has 0 radical (unpaired) electrons. The van der Waals surface area contributed by atoms with E-state index >= 15 is 0 Å². The first-order valence-electron chi connectivity index (χ1n) is 9.12. The number of anilines is 1. The summed E-state index contributed by atoms with van der Waals surface area (Å²) in [6.45, 7) is 2.54. The molecule has 4 rings (SSSR count). The van der Waals surface area contributed by atoms with E-state index in [9.17, 15) is 14.9 Å². The number of ether oxygens (including phenoxy) is 1. The zero-order chi connectivity index (χ0) is 21.1. The van der Waals surface area contributed by atoms with Gasteiger partial charge in [-0.25, -0.2) is 4.68 Å². The van der Waals surface area contributed by atoms with Gasteiger partial charge < -0.3 is 10.1 Å². The molecule has 1 amide bonds. The standard InChI is InChI=1S/C20H17N5O4S/c1-2-21-20-24(22-10-13-3-6-15(7-4-13)25(27)28)17(12-30-20)14-5-8-18-16(9-14)23-19(26)11-29-18/h3-10,12H,2,11H2,1H3,(H,23,26). The number of nitrogens with one attached hydrogen (secondary N) is 1. The van der Waals surface area contributed by atoms with Crippen LogP contribution in [0.5, 0.6) is 5.75 Å². The topological polar surface area (TPSA) is 111 Å². The quantitative estimate of drug-likeness (QED) is 0.386. The molecule has 0 saturated carbocycles. The molecule has 1 aliphatic rings. The number of amides is 1. The van der Waals surface area contributed by atoms with Crippen molar-refractivity contribution in [2.75, 3.05) is 18.5 Å². The molecule has 0 saturated heterocycles. The van der Waals surface area contributed by atoms with Crippen LogP contribution in [0, 0.1) is 10.1 Å². The third kappa shape index (κ3) is 3.98. The Labute approximate surface area is 175 Å². The summed E-state index contributed by atoms with van der Waals surface area (Å²) in [4.78, 5) is 27.2. The molecular formula is C20H17N5O4S. The van der Waals surface area contributed by atoms with Crippen molar-refractivity contribution in [1.82, 2.24) is 4.68 Å². The Hall–Kier alpha value is -3.79. The first kappa shape index (κ1) is 19.5. The summed E-state index contributed by atoms with van der Waals surface area (Å²) in [5.41, 5.74) is 2.99. The number of nitro groups is 1. The van der Waals surface area contributed by atoms with Crippen LogP contribution in [-0.2, 0) is 4.79 Å².